The number of hydrogen-bond acceptors (Lipinski definition) is 12. The van der Waals surface area contributed by atoms with Gasteiger partial charge in [-0.25, -0.2) is 0 Å². The number of nitrogens with zero attached hydrogens (tertiary/aromatic N) is 2. The van der Waals surface area contributed by atoms with Gasteiger partial charge in [0.2, 0.25) is 23.6 Å². The van der Waals surface area contributed by atoms with E-state index in [0.717, 1.165) is 24.1 Å². The maximum Gasteiger partial charge on any atom is 0.253 e. The number of likely N-dealkylation sites (N-methyl/N-ethyl adjacent to an activating group) is 1. The van der Waals surface area contributed by atoms with Crippen molar-refractivity contribution in [3.05, 3.63) is 58.7 Å². The lowest BCUT2D eigenvalue weighted by Crippen LogP contribution is -2.52. The molecule has 17 heteroatoms. The predicted molar refractivity (Wildman–Crippen MR) is 212 cm³/mol. The monoisotopic (exact) mass is 776 g/mol. The number of nitrogens with two attached hydrogens (primary N) is 3. The molecule has 1 aliphatic heterocycles. The van der Waals surface area contributed by atoms with Gasteiger partial charge in [-0.05, 0) is 61.2 Å². The van der Waals surface area contributed by atoms with Crippen molar-refractivity contribution in [3.8, 4) is 28.7 Å². The summed E-state index contributed by atoms with van der Waals surface area (Å²) in [7, 11) is 1.39. The lowest BCUT2D eigenvalue weighted by Gasteiger charge is -2.29. The van der Waals surface area contributed by atoms with E-state index in [-0.39, 0.29) is 50.8 Å². The van der Waals surface area contributed by atoms with Crippen molar-refractivity contribution in [3.63, 3.8) is 0 Å². The van der Waals surface area contributed by atoms with Gasteiger partial charge in [-0.15, -0.1) is 0 Å². The highest BCUT2D eigenvalue weighted by molar-refractivity contribution is 6.12. The van der Waals surface area contributed by atoms with Gasteiger partial charge < -0.3 is 58.3 Å². The smallest absolute Gasteiger partial charge is 0.253 e. The van der Waals surface area contributed by atoms with Crippen molar-refractivity contribution < 1.29 is 33.4 Å². The van der Waals surface area contributed by atoms with E-state index in [4.69, 9.17) is 37.3 Å². The molecule has 56 heavy (non-hydrogen) atoms. The summed E-state index contributed by atoms with van der Waals surface area (Å²) in [6.45, 7) is 7.74. The van der Waals surface area contributed by atoms with E-state index in [9.17, 15) is 24.0 Å². The van der Waals surface area contributed by atoms with E-state index in [2.05, 4.69) is 21.3 Å². The Kier molecular flexibility index (Phi) is 19.7. The Morgan fingerprint density at radius 2 is 1.64 bits per heavy atom. The summed E-state index contributed by atoms with van der Waals surface area (Å²) < 4.78 is 12.0. The van der Waals surface area contributed by atoms with Crippen LogP contribution in [-0.4, -0.2) is 106 Å². The number of allylic oxidation sites excluding steroid dienone is 1. The summed E-state index contributed by atoms with van der Waals surface area (Å²) >= 11 is 0. The number of nitriles is 1. The van der Waals surface area contributed by atoms with Crippen molar-refractivity contribution in [2.45, 2.75) is 52.6 Å². The van der Waals surface area contributed by atoms with Gasteiger partial charge in [-0.1, -0.05) is 38.5 Å². The molecule has 0 aliphatic carbocycles. The molecule has 3 atom stereocenters. The largest absolute Gasteiger partial charge is 0.492 e. The van der Waals surface area contributed by atoms with Crippen molar-refractivity contribution in [2.24, 2.45) is 23.1 Å². The van der Waals surface area contributed by atoms with Crippen LogP contribution in [0.3, 0.4) is 0 Å². The zero-order chi connectivity index (χ0) is 41.8. The first kappa shape index (κ1) is 46.3. The summed E-state index contributed by atoms with van der Waals surface area (Å²) in [6.07, 6.45) is 1.73. The van der Waals surface area contributed by atoms with E-state index >= 15 is 0 Å². The minimum absolute atomic E-state index is 0.0249. The summed E-state index contributed by atoms with van der Waals surface area (Å²) in [6, 6.07) is 9.51. The van der Waals surface area contributed by atoms with Crippen LogP contribution in [0.25, 0.3) is 11.1 Å². The molecule has 4 bridgehead atoms. The number of nitrogens with one attached hydrogen (secondary N) is 5. The molecule has 0 saturated heterocycles. The molecule has 2 aromatic rings. The van der Waals surface area contributed by atoms with Crippen LogP contribution in [0.5, 0.6) is 11.5 Å². The van der Waals surface area contributed by atoms with E-state index < -0.39 is 54.7 Å². The van der Waals surface area contributed by atoms with Crippen LogP contribution in [-0.2, 0) is 30.4 Å². The second kappa shape index (κ2) is 23.8. The third-order valence-electron chi connectivity index (χ3n) is 8.86. The van der Waals surface area contributed by atoms with Crippen molar-refractivity contribution in [1.29, 1.82) is 10.7 Å². The molecule has 3 unspecified atom stereocenters. The van der Waals surface area contributed by atoms with Crippen LogP contribution in [0, 0.1) is 22.7 Å². The molecule has 0 spiro atoms. The SMILES string of the molecule is CCC(C)/C(C)=C(\C=N)C(=O)NCC(=O)N(C)C1C(=O)NCC(=O)NC(C(=O)NCC#N)Cc2ccc(OCCN)c(c2)-c2cc1ccc2OCCN.CCN. The van der Waals surface area contributed by atoms with E-state index in [1.54, 1.807) is 43.3 Å². The van der Waals surface area contributed by atoms with Gasteiger partial charge >= 0.3 is 0 Å². The van der Waals surface area contributed by atoms with Gasteiger partial charge in [-0.3, -0.25) is 24.0 Å². The maximum absolute atomic E-state index is 14.0. The standard InChI is InChI=1S/C37H49N9O7.C2H7N/c1-5-22(2)23(3)28(19-41)35(49)44-21-33(48)46(4)34-25-7-9-31(53-15-12-40)27(18-25)26-16-24(6-8-30(26)52-14-11-39)17-29(36(50)42-13-10-38)45-32(47)20-43-37(34)51;1-2-3/h6-9,16,18-19,22,29,34,41H,5,11-15,17,20-21,39-40H2,1-4H3,(H,42,50)(H,43,51)(H,44,49)(H,45,47);2-3H2,1H3/b28-23+,41-19?;. The zero-order valence-electron chi connectivity index (χ0n) is 32.8. The number of amides is 5. The van der Waals surface area contributed by atoms with Crippen LogP contribution in [0.1, 0.15) is 51.3 Å². The fourth-order valence-electron chi connectivity index (χ4n) is 5.64. The Bertz CT molecular complexity index is 1770. The second-order valence-electron chi connectivity index (χ2n) is 12.8. The molecule has 0 aromatic heterocycles. The first-order chi connectivity index (χ1) is 26.8. The Morgan fingerprint density at radius 3 is 2.21 bits per heavy atom. The lowest BCUT2D eigenvalue weighted by molar-refractivity contribution is -0.139. The Balaban J connectivity index is 0.00000349. The molecule has 0 saturated carbocycles. The highest BCUT2D eigenvalue weighted by Crippen LogP contribution is 2.40. The van der Waals surface area contributed by atoms with Crippen molar-refractivity contribution >= 4 is 35.8 Å². The molecule has 11 N–H and O–H groups in total. The van der Waals surface area contributed by atoms with Crippen LogP contribution >= 0.6 is 0 Å². The first-order valence-electron chi connectivity index (χ1n) is 18.4. The molecule has 17 nitrogen and oxygen atoms in total. The molecule has 1 aliphatic rings. The van der Waals surface area contributed by atoms with Crippen LogP contribution in [0.15, 0.2) is 47.5 Å². The van der Waals surface area contributed by atoms with Crippen molar-refractivity contribution in [1.82, 2.24) is 26.2 Å². The van der Waals surface area contributed by atoms with Gasteiger partial charge in [0.05, 0.1) is 24.7 Å². The summed E-state index contributed by atoms with van der Waals surface area (Å²) in [5.41, 5.74) is 19.2. The van der Waals surface area contributed by atoms with E-state index in [1.807, 2.05) is 26.8 Å². The number of benzene rings is 2. The number of ether oxygens (including phenoxy) is 2. The van der Waals surface area contributed by atoms with Gasteiger partial charge in [0, 0.05) is 43.9 Å². The van der Waals surface area contributed by atoms with E-state index in [0.29, 0.717) is 39.3 Å². The average Bonchev–Trinajstić information content (AvgIpc) is 3.19. The minimum atomic E-state index is -1.32. The third-order valence-corrected chi connectivity index (χ3v) is 8.86. The van der Waals surface area contributed by atoms with Gasteiger partial charge in [-0.2, -0.15) is 5.26 Å². The highest BCUT2D eigenvalue weighted by atomic mass is 16.5. The summed E-state index contributed by atoms with van der Waals surface area (Å²) in [5.74, 6) is -2.43. The highest BCUT2D eigenvalue weighted by Gasteiger charge is 2.32. The third kappa shape index (κ3) is 13.2. The maximum atomic E-state index is 14.0. The summed E-state index contributed by atoms with van der Waals surface area (Å²) in [4.78, 5) is 68.0. The molecule has 0 radical (unpaired) electrons. The van der Waals surface area contributed by atoms with Gasteiger partial charge in [0.15, 0.2) is 0 Å². The molecule has 2 aromatic carbocycles. The molecular formula is C39H56N10O7. The quantitative estimate of drug-likeness (QED) is 0.0697. The Hall–Kier alpha value is -5.83. The molecule has 3 rings (SSSR count). The molecule has 0 fully saturated rings. The second-order valence-corrected chi connectivity index (χ2v) is 12.8. The predicted octanol–water partition coefficient (Wildman–Crippen LogP) is 0.418. The molecular weight excluding hydrogens is 720 g/mol. The number of fused-ring (bicyclic) bond motifs is 5. The Labute approximate surface area is 328 Å². The zero-order valence-corrected chi connectivity index (χ0v) is 32.8. The number of carbonyl (C=O) groups is 5. The first-order valence-corrected chi connectivity index (χ1v) is 18.4. The number of rotatable bonds is 15. The topological polar surface area (TPSA) is 281 Å². The van der Waals surface area contributed by atoms with Gasteiger partial charge in [0.1, 0.15) is 43.3 Å². The minimum Gasteiger partial charge on any atom is -0.492 e. The van der Waals surface area contributed by atoms with Crippen molar-refractivity contribution in [2.75, 3.05) is 59.5 Å². The van der Waals surface area contributed by atoms with Gasteiger partial charge in [0.25, 0.3) is 5.91 Å². The summed E-state index contributed by atoms with van der Waals surface area (Å²) in [5, 5.41) is 27.0. The molecule has 304 valence electrons. The normalized spacial score (nSPS) is 16.1. The lowest BCUT2D eigenvalue weighted by atomic mass is 9.93. The van der Waals surface area contributed by atoms with Crippen LogP contribution in [0.2, 0.25) is 0 Å². The molecule has 5 amide bonds. The van der Waals surface area contributed by atoms with Crippen LogP contribution in [0.4, 0.5) is 0 Å². The fraction of sp³-hybridized carbons (Fsp3) is 0.462. The molecule has 1 heterocycles. The van der Waals surface area contributed by atoms with Crippen LogP contribution < -0.4 is 47.9 Å². The number of hydrogen-bond donors (Lipinski definition) is 8. The Morgan fingerprint density at radius 1 is 1.04 bits per heavy atom. The average molecular weight is 777 g/mol. The van der Waals surface area contributed by atoms with E-state index in [1.165, 1.54) is 7.05 Å². The fourth-order valence-corrected chi connectivity index (χ4v) is 5.64. The number of carbonyl (C=O) groups excluding carboxylic acids is 5.